The molecule has 106 valence electrons. The first-order valence-corrected chi connectivity index (χ1v) is 7.99. The highest BCUT2D eigenvalue weighted by Crippen LogP contribution is 2.26. The zero-order valence-corrected chi connectivity index (χ0v) is 12.3. The molecule has 0 aliphatic carbocycles. The lowest BCUT2D eigenvalue weighted by molar-refractivity contribution is 0.415. The summed E-state index contributed by atoms with van der Waals surface area (Å²) in [4.78, 5) is 4.91. The zero-order valence-electron chi connectivity index (χ0n) is 11.5. The summed E-state index contributed by atoms with van der Waals surface area (Å²) in [6, 6.07) is 16.7. The molecule has 3 rings (SSSR count). The molecule has 0 saturated heterocycles. The van der Waals surface area contributed by atoms with Crippen molar-refractivity contribution in [3.05, 3.63) is 65.6 Å². The minimum Gasteiger partial charge on any atom is -0.497 e. The van der Waals surface area contributed by atoms with E-state index in [-0.39, 0.29) is 0 Å². The van der Waals surface area contributed by atoms with E-state index >= 15 is 0 Å². The van der Waals surface area contributed by atoms with E-state index in [0.29, 0.717) is 10.6 Å². The van der Waals surface area contributed by atoms with Crippen molar-refractivity contribution >= 4 is 21.8 Å². The number of methoxy groups -OCH3 is 1. The minimum absolute atomic E-state index is 0.654. The Hall–Kier alpha value is -2.40. The van der Waals surface area contributed by atoms with Gasteiger partial charge in [-0.15, -0.1) is 0 Å². The molecule has 2 aromatic carbocycles. The second kappa shape index (κ2) is 5.54. The van der Waals surface area contributed by atoms with Crippen LogP contribution in [0.5, 0.6) is 5.75 Å². The predicted octanol–water partition coefficient (Wildman–Crippen LogP) is 3.56. The first-order valence-electron chi connectivity index (χ1n) is 6.41. The lowest BCUT2D eigenvalue weighted by Crippen LogP contribution is -2.01. The number of aliphatic imine (C=N–C) groups is 1. The van der Waals surface area contributed by atoms with Gasteiger partial charge in [-0.25, -0.2) is 9.20 Å². The van der Waals surface area contributed by atoms with Crippen molar-refractivity contribution in [2.75, 3.05) is 7.11 Å². The molecule has 0 N–H and O–H groups in total. The molecule has 1 unspecified atom stereocenters. The van der Waals surface area contributed by atoms with Crippen molar-refractivity contribution < 1.29 is 8.95 Å². The van der Waals surface area contributed by atoms with Gasteiger partial charge < -0.3 is 4.74 Å². The SMILES string of the molecule is COc1ccc(C2=CS(=O)(c3ccccc3)=NC=N2)cc1. The van der Waals surface area contributed by atoms with E-state index in [1.54, 1.807) is 12.5 Å². The van der Waals surface area contributed by atoms with Crippen LogP contribution in [0, 0.1) is 0 Å². The van der Waals surface area contributed by atoms with Crippen molar-refractivity contribution in [1.82, 2.24) is 0 Å². The Morgan fingerprint density at radius 3 is 2.38 bits per heavy atom. The molecular formula is C16H14N2O2S. The molecule has 1 aliphatic heterocycles. The Morgan fingerprint density at radius 1 is 1.00 bits per heavy atom. The molecule has 0 amide bonds. The molecule has 0 radical (unpaired) electrons. The van der Waals surface area contributed by atoms with Crippen LogP contribution in [0.15, 0.2) is 74.3 Å². The highest BCUT2D eigenvalue weighted by atomic mass is 32.2. The first kappa shape index (κ1) is 13.6. The molecule has 5 heteroatoms. The summed E-state index contributed by atoms with van der Waals surface area (Å²) in [6.45, 7) is 0. The highest BCUT2D eigenvalue weighted by Gasteiger charge is 2.14. The van der Waals surface area contributed by atoms with Gasteiger partial charge in [0.2, 0.25) is 0 Å². The standard InChI is InChI=1S/C16H14N2O2S/c1-20-14-9-7-13(8-10-14)16-11-21(19,18-12-17-16)15-5-3-2-4-6-15/h2-12H,1H3. The van der Waals surface area contributed by atoms with E-state index in [4.69, 9.17) is 4.74 Å². The summed E-state index contributed by atoms with van der Waals surface area (Å²) in [5.74, 6) is 0.771. The maximum atomic E-state index is 13.0. The van der Waals surface area contributed by atoms with Crippen LogP contribution >= 0.6 is 0 Å². The molecule has 1 heterocycles. The number of hydrogen-bond donors (Lipinski definition) is 0. The van der Waals surface area contributed by atoms with Gasteiger partial charge in [0, 0.05) is 11.0 Å². The molecule has 0 spiro atoms. The van der Waals surface area contributed by atoms with Gasteiger partial charge in [0.15, 0.2) is 0 Å². The summed E-state index contributed by atoms with van der Waals surface area (Å²) >= 11 is 0. The van der Waals surface area contributed by atoms with E-state index in [1.165, 1.54) is 6.34 Å². The summed E-state index contributed by atoms with van der Waals surface area (Å²) in [6.07, 6.45) is 1.37. The molecule has 0 saturated carbocycles. The van der Waals surface area contributed by atoms with Gasteiger partial charge in [-0.3, -0.25) is 0 Å². The molecule has 4 nitrogen and oxygen atoms in total. The Labute approximate surface area is 124 Å². The zero-order chi connectivity index (χ0) is 14.7. The van der Waals surface area contributed by atoms with Crippen LogP contribution in [0.3, 0.4) is 0 Å². The average molecular weight is 298 g/mol. The van der Waals surface area contributed by atoms with E-state index in [9.17, 15) is 4.21 Å². The Bertz CT molecular complexity index is 815. The van der Waals surface area contributed by atoms with E-state index < -0.39 is 9.73 Å². The van der Waals surface area contributed by atoms with Crippen LogP contribution in [0.1, 0.15) is 5.56 Å². The molecular weight excluding hydrogens is 284 g/mol. The Kier molecular flexibility index (Phi) is 3.58. The molecule has 1 aliphatic rings. The maximum Gasteiger partial charge on any atom is 0.126 e. The number of rotatable bonds is 3. The predicted molar refractivity (Wildman–Crippen MR) is 84.7 cm³/mol. The highest BCUT2D eigenvalue weighted by molar-refractivity contribution is 7.97. The number of hydrogen-bond acceptors (Lipinski definition) is 4. The van der Waals surface area contributed by atoms with Crippen molar-refractivity contribution in [1.29, 1.82) is 0 Å². The molecule has 1 atom stereocenters. The van der Waals surface area contributed by atoms with Gasteiger partial charge in [-0.1, -0.05) is 18.2 Å². The minimum atomic E-state index is -2.60. The molecule has 0 aromatic heterocycles. The van der Waals surface area contributed by atoms with Gasteiger partial charge in [0.25, 0.3) is 0 Å². The van der Waals surface area contributed by atoms with E-state index in [2.05, 4.69) is 9.36 Å². The second-order valence-corrected chi connectivity index (χ2v) is 6.52. The normalized spacial score (nSPS) is 20.5. The van der Waals surface area contributed by atoms with Gasteiger partial charge >= 0.3 is 0 Å². The summed E-state index contributed by atoms with van der Waals surface area (Å²) in [5.41, 5.74) is 1.53. The molecule has 21 heavy (non-hydrogen) atoms. The number of benzene rings is 2. The van der Waals surface area contributed by atoms with E-state index in [1.807, 2.05) is 54.6 Å². The Balaban J connectivity index is 2.04. The third-order valence-electron chi connectivity index (χ3n) is 3.14. The lowest BCUT2D eigenvalue weighted by atomic mass is 10.2. The van der Waals surface area contributed by atoms with Gasteiger partial charge in [0.1, 0.15) is 21.8 Å². The third kappa shape index (κ3) is 2.73. The Morgan fingerprint density at radius 2 is 1.71 bits per heavy atom. The quantitative estimate of drug-likeness (QED) is 0.870. The van der Waals surface area contributed by atoms with Crippen molar-refractivity contribution in [2.24, 2.45) is 9.36 Å². The average Bonchev–Trinajstić information content (AvgIpc) is 2.56. The topological polar surface area (TPSA) is 51.0 Å². The summed E-state index contributed by atoms with van der Waals surface area (Å²) in [7, 11) is -0.980. The fourth-order valence-electron chi connectivity index (χ4n) is 2.02. The van der Waals surface area contributed by atoms with Crippen LogP contribution in [-0.4, -0.2) is 17.7 Å². The number of nitrogens with zero attached hydrogens (tertiary/aromatic N) is 2. The van der Waals surface area contributed by atoms with Crippen molar-refractivity contribution in [3.63, 3.8) is 0 Å². The van der Waals surface area contributed by atoms with Crippen LogP contribution in [0.2, 0.25) is 0 Å². The van der Waals surface area contributed by atoms with Gasteiger partial charge in [-0.2, -0.15) is 4.36 Å². The van der Waals surface area contributed by atoms with Gasteiger partial charge in [0.05, 0.1) is 17.7 Å². The van der Waals surface area contributed by atoms with Crippen molar-refractivity contribution in [3.8, 4) is 5.75 Å². The summed E-state index contributed by atoms with van der Waals surface area (Å²) in [5, 5.41) is 1.63. The molecule has 0 fully saturated rings. The van der Waals surface area contributed by atoms with E-state index in [0.717, 1.165) is 11.3 Å². The largest absolute Gasteiger partial charge is 0.497 e. The summed E-state index contributed by atoms with van der Waals surface area (Å²) < 4.78 is 22.2. The van der Waals surface area contributed by atoms with Crippen molar-refractivity contribution in [2.45, 2.75) is 4.90 Å². The third-order valence-corrected chi connectivity index (χ3v) is 5.04. The molecule has 0 bridgehead atoms. The van der Waals surface area contributed by atoms with Crippen LogP contribution in [-0.2, 0) is 9.73 Å². The van der Waals surface area contributed by atoms with Crippen LogP contribution < -0.4 is 4.74 Å². The molecule has 2 aromatic rings. The monoisotopic (exact) mass is 298 g/mol. The smallest absolute Gasteiger partial charge is 0.126 e. The first-order chi connectivity index (χ1) is 10.2. The maximum absolute atomic E-state index is 13.0. The van der Waals surface area contributed by atoms with Crippen LogP contribution in [0.25, 0.3) is 5.70 Å². The fraction of sp³-hybridized carbons (Fsp3) is 0.0625. The van der Waals surface area contributed by atoms with Crippen LogP contribution in [0.4, 0.5) is 0 Å². The lowest BCUT2D eigenvalue weighted by Gasteiger charge is -2.11. The fourth-order valence-corrected chi connectivity index (χ4v) is 3.57. The van der Waals surface area contributed by atoms with Gasteiger partial charge in [-0.05, 0) is 36.4 Å². The second-order valence-electron chi connectivity index (χ2n) is 4.46. The number of ether oxygens (including phenoxy) is 1.